The van der Waals surface area contributed by atoms with Crippen molar-refractivity contribution >= 4 is 10.0 Å². The molecule has 146 valence electrons. The van der Waals surface area contributed by atoms with Crippen molar-refractivity contribution in [3.05, 3.63) is 53.6 Å². The lowest BCUT2D eigenvalue weighted by Crippen LogP contribution is -2.48. The van der Waals surface area contributed by atoms with Crippen molar-refractivity contribution in [3.8, 4) is 11.5 Å². The number of sulfonamides is 1. The van der Waals surface area contributed by atoms with Gasteiger partial charge in [-0.1, -0.05) is 12.1 Å². The normalized spacial score (nSPS) is 21.0. The van der Waals surface area contributed by atoms with Gasteiger partial charge in [-0.25, -0.2) is 8.42 Å². The Morgan fingerprint density at radius 3 is 2.26 bits per heavy atom. The van der Waals surface area contributed by atoms with Gasteiger partial charge in [-0.05, 0) is 55.3 Å². The van der Waals surface area contributed by atoms with E-state index in [0.29, 0.717) is 22.8 Å². The van der Waals surface area contributed by atoms with Gasteiger partial charge >= 0.3 is 0 Å². The zero-order valence-electron chi connectivity index (χ0n) is 16.0. The van der Waals surface area contributed by atoms with Gasteiger partial charge in [0, 0.05) is 12.6 Å². The number of nitrogens with zero attached hydrogens (tertiary/aromatic N) is 1. The highest BCUT2D eigenvalue weighted by molar-refractivity contribution is 7.89. The van der Waals surface area contributed by atoms with Crippen molar-refractivity contribution in [2.75, 3.05) is 27.4 Å². The van der Waals surface area contributed by atoms with Gasteiger partial charge in [0.05, 0.1) is 31.8 Å². The van der Waals surface area contributed by atoms with Crippen LogP contribution in [-0.2, 0) is 14.8 Å². The van der Waals surface area contributed by atoms with E-state index >= 15 is 0 Å². The minimum atomic E-state index is -3.65. The molecular formula is C20H25NO5S. The molecule has 2 atom stereocenters. The molecule has 0 amide bonds. The second-order valence-corrected chi connectivity index (χ2v) is 8.51. The van der Waals surface area contributed by atoms with Gasteiger partial charge in [-0.3, -0.25) is 0 Å². The molecule has 6 nitrogen and oxygen atoms in total. The van der Waals surface area contributed by atoms with E-state index in [1.807, 2.05) is 31.2 Å². The topological polar surface area (TPSA) is 65.1 Å². The van der Waals surface area contributed by atoms with Gasteiger partial charge in [0.25, 0.3) is 0 Å². The highest BCUT2D eigenvalue weighted by Crippen LogP contribution is 2.32. The van der Waals surface area contributed by atoms with Crippen LogP contribution in [-0.4, -0.2) is 46.1 Å². The Morgan fingerprint density at radius 1 is 1.04 bits per heavy atom. The fraction of sp³-hybridized carbons (Fsp3) is 0.400. The van der Waals surface area contributed by atoms with Crippen LogP contribution in [0.1, 0.15) is 24.2 Å². The summed E-state index contributed by atoms with van der Waals surface area (Å²) in [6.45, 7) is 4.24. The third kappa shape index (κ3) is 3.95. The summed E-state index contributed by atoms with van der Waals surface area (Å²) in [7, 11) is -0.475. The third-order valence-electron chi connectivity index (χ3n) is 4.83. The van der Waals surface area contributed by atoms with E-state index in [4.69, 9.17) is 14.2 Å². The fourth-order valence-electron chi connectivity index (χ4n) is 3.25. The standard InChI is InChI=1S/C20H25NO5S/c1-14-11-18(25-4)9-10-20(14)27(22,23)21-12-19(26-13-15(21)2)16-5-7-17(24-3)8-6-16/h5-11,15,19H,12-13H2,1-4H3. The molecule has 0 saturated carbocycles. The van der Waals surface area contributed by atoms with Crippen LogP contribution in [0.25, 0.3) is 0 Å². The zero-order valence-corrected chi connectivity index (χ0v) is 16.8. The zero-order chi connectivity index (χ0) is 19.6. The van der Waals surface area contributed by atoms with Crippen molar-refractivity contribution < 1.29 is 22.6 Å². The van der Waals surface area contributed by atoms with Crippen molar-refractivity contribution in [1.82, 2.24) is 4.31 Å². The van der Waals surface area contributed by atoms with Crippen LogP contribution in [0, 0.1) is 6.92 Å². The van der Waals surface area contributed by atoms with E-state index in [0.717, 1.165) is 11.3 Å². The van der Waals surface area contributed by atoms with Crippen LogP contribution < -0.4 is 9.47 Å². The monoisotopic (exact) mass is 391 g/mol. The second-order valence-electron chi connectivity index (χ2n) is 6.65. The first-order valence-electron chi connectivity index (χ1n) is 8.79. The number of morpholine rings is 1. The minimum absolute atomic E-state index is 0.244. The lowest BCUT2D eigenvalue weighted by molar-refractivity contribution is -0.0288. The van der Waals surface area contributed by atoms with Crippen LogP contribution in [0.5, 0.6) is 11.5 Å². The number of hydrogen-bond acceptors (Lipinski definition) is 5. The molecule has 1 saturated heterocycles. The first kappa shape index (κ1) is 19.7. The molecule has 1 fully saturated rings. The fourth-order valence-corrected chi connectivity index (χ4v) is 5.08. The molecule has 3 rings (SSSR count). The summed E-state index contributed by atoms with van der Waals surface area (Å²) in [5, 5.41) is 0. The van der Waals surface area contributed by atoms with Crippen molar-refractivity contribution in [2.45, 2.75) is 30.9 Å². The molecule has 2 aromatic rings. The van der Waals surface area contributed by atoms with Gasteiger partial charge in [0.15, 0.2) is 0 Å². The molecule has 1 heterocycles. The van der Waals surface area contributed by atoms with E-state index in [2.05, 4.69) is 0 Å². The minimum Gasteiger partial charge on any atom is -0.497 e. The predicted molar refractivity (Wildman–Crippen MR) is 103 cm³/mol. The molecule has 0 N–H and O–H groups in total. The number of aryl methyl sites for hydroxylation is 1. The maximum absolute atomic E-state index is 13.3. The summed E-state index contributed by atoms with van der Waals surface area (Å²) < 4.78 is 44.4. The maximum atomic E-state index is 13.3. The number of methoxy groups -OCH3 is 2. The predicted octanol–water partition coefficient (Wildman–Crippen LogP) is 3.16. The Hall–Kier alpha value is -2.09. The maximum Gasteiger partial charge on any atom is 0.243 e. The lowest BCUT2D eigenvalue weighted by atomic mass is 10.1. The van der Waals surface area contributed by atoms with Gasteiger partial charge < -0.3 is 14.2 Å². The first-order valence-corrected chi connectivity index (χ1v) is 10.2. The average Bonchev–Trinajstić information content (AvgIpc) is 2.68. The molecule has 0 aromatic heterocycles. The first-order chi connectivity index (χ1) is 12.9. The van der Waals surface area contributed by atoms with Crippen LogP contribution in [0.4, 0.5) is 0 Å². The Bertz CT molecular complexity index is 895. The van der Waals surface area contributed by atoms with Crippen LogP contribution in [0.2, 0.25) is 0 Å². The molecule has 0 bridgehead atoms. The molecule has 27 heavy (non-hydrogen) atoms. The van der Waals surface area contributed by atoms with E-state index < -0.39 is 10.0 Å². The number of benzene rings is 2. The van der Waals surface area contributed by atoms with Gasteiger partial charge in [-0.15, -0.1) is 0 Å². The summed E-state index contributed by atoms with van der Waals surface area (Å²) >= 11 is 0. The van der Waals surface area contributed by atoms with Crippen molar-refractivity contribution in [3.63, 3.8) is 0 Å². The Balaban J connectivity index is 1.89. The molecule has 7 heteroatoms. The Labute approximate surface area is 160 Å². The molecule has 2 unspecified atom stereocenters. The van der Waals surface area contributed by atoms with E-state index in [1.54, 1.807) is 39.3 Å². The molecule has 2 aromatic carbocycles. The van der Waals surface area contributed by atoms with E-state index in [9.17, 15) is 8.42 Å². The largest absolute Gasteiger partial charge is 0.497 e. The molecule has 1 aliphatic rings. The van der Waals surface area contributed by atoms with Crippen LogP contribution >= 0.6 is 0 Å². The Kier molecular flexibility index (Phi) is 5.74. The van der Waals surface area contributed by atoms with E-state index in [1.165, 1.54) is 4.31 Å². The molecule has 1 aliphatic heterocycles. The average molecular weight is 391 g/mol. The lowest BCUT2D eigenvalue weighted by Gasteiger charge is -2.37. The third-order valence-corrected chi connectivity index (χ3v) is 6.97. The summed E-state index contributed by atoms with van der Waals surface area (Å²) in [5.41, 5.74) is 1.59. The quantitative estimate of drug-likeness (QED) is 0.783. The number of rotatable bonds is 5. The van der Waals surface area contributed by atoms with Crippen molar-refractivity contribution in [1.29, 1.82) is 0 Å². The van der Waals surface area contributed by atoms with Crippen LogP contribution in [0.3, 0.4) is 0 Å². The number of hydrogen-bond donors (Lipinski definition) is 0. The summed E-state index contributed by atoms with van der Waals surface area (Å²) in [6, 6.07) is 12.3. The SMILES string of the molecule is COc1ccc(C2CN(S(=O)(=O)c3ccc(OC)cc3C)C(C)CO2)cc1. The molecule has 0 radical (unpaired) electrons. The number of ether oxygens (including phenoxy) is 3. The Morgan fingerprint density at radius 2 is 1.67 bits per heavy atom. The van der Waals surface area contributed by atoms with E-state index in [-0.39, 0.29) is 18.7 Å². The summed E-state index contributed by atoms with van der Waals surface area (Å²) in [4.78, 5) is 0.297. The summed E-state index contributed by atoms with van der Waals surface area (Å²) in [6.07, 6.45) is -0.319. The molecule has 0 spiro atoms. The van der Waals surface area contributed by atoms with Gasteiger partial charge in [0.1, 0.15) is 11.5 Å². The van der Waals surface area contributed by atoms with Crippen LogP contribution in [0.15, 0.2) is 47.4 Å². The highest BCUT2D eigenvalue weighted by Gasteiger charge is 2.36. The highest BCUT2D eigenvalue weighted by atomic mass is 32.2. The van der Waals surface area contributed by atoms with Gasteiger partial charge in [-0.2, -0.15) is 4.31 Å². The second kappa shape index (κ2) is 7.88. The van der Waals surface area contributed by atoms with Gasteiger partial charge in [0.2, 0.25) is 10.0 Å². The molecule has 0 aliphatic carbocycles. The smallest absolute Gasteiger partial charge is 0.243 e. The van der Waals surface area contributed by atoms with Crippen molar-refractivity contribution in [2.24, 2.45) is 0 Å². The summed E-state index contributed by atoms with van der Waals surface area (Å²) in [5.74, 6) is 1.39. The molecular weight excluding hydrogens is 366 g/mol.